The van der Waals surface area contributed by atoms with Crippen LogP contribution in [0.15, 0.2) is 127 Å². The van der Waals surface area contributed by atoms with Crippen molar-refractivity contribution in [2.75, 3.05) is 67.1 Å². The summed E-state index contributed by atoms with van der Waals surface area (Å²) < 4.78 is 65.0. The minimum absolute atomic E-state index is 0.0752. The van der Waals surface area contributed by atoms with E-state index in [0.29, 0.717) is 58.0 Å². The molecule has 0 aliphatic carbocycles. The van der Waals surface area contributed by atoms with E-state index in [4.69, 9.17) is 30.4 Å². The lowest BCUT2D eigenvalue weighted by Crippen LogP contribution is -2.39. The van der Waals surface area contributed by atoms with Crippen LogP contribution in [0.1, 0.15) is 58.2 Å². The molecule has 3 fully saturated rings. The smallest absolute Gasteiger partial charge is 0.414 e. The Morgan fingerprint density at radius 2 is 0.796 bits per heavy atom. The molecule has 27 heteroatoms. The first-order valence-corrected chi connectivity index (χ1v) is 29.5. The molecule has 9 amide bonds. The van der Waals surface area contributed by atoms with Gasteiger partial charge in [0, 0.05) is 57.1 Å². The van der Waals surface area contributed by atoms with Crippen molar-refractivity contribution in [3.05, 3.63) is 162 Å². The van der Waals surface area contributed by atoms with Crippen LogP contribution in [-0.2, 0) is 62.6 Å². The second-order valence-electron chi connectivity index (χ2n) is 22.6. The molecule has 3 heterocycles. The van der Waals surface area contributed by atoms with Crippen molar-refractivity contribution in [1.82, 2.24) is 31.9 Å². The third kappa shape index (κ3) is 20.7. The summed E-state index contributed by atoms with van der Waals surface area (Å²) in [5, 5.41) is 15.6. The molecule has 3 aliphatic rings. The summed E-state index contributed by atoms with van der Waals surface area (Å²) in [6.07, 6.45) is -3.88. The topological polar surface area (TPSA) is 324 Å². The van der Waals surface area contributed by atoms with E-state index < -0.39 is 65.7 Å². The van der Waals surface area contributed by atoms with E-state index in [9.17, 15) is 56.3 Å². The number of nitrogens with two attached hydrogens (primary N) is 2. The monoisotopic (exact) mass is 1290 g/mol. The number of carbonyl (C=O) groups is 9. The van der Waals surface area contributed by atoms with Gasteiger partial charge in [0.25, 0.3) is 0 Å². The molecule has 0 unspecified atom stereocenters. The van der Waals surface area contributed by atoms with Crippen LogP contribution in [0.4, 0.5) is 49.4 Å². The number of ether oxygens (including phenoxy) is 4. The highest BCUT2D eigenvalue weighted by Gasteiger charge is 2.35. The maximum Gasteiger partial charge on any atom is 0.414 e. The molecule has 0 aromatic heterocycles. The third-order valence-electron chi connectivity index (χ3n) is 14.1. The number of hydrogen-bond acceptors (Lipinski definition) is 15. The number of amides is 9. The van der Waals surface area contributed by atoms with Gasteiger partial charge in [0.05, 0.1) is 62.9 Å². The molecule has 9 rings (SSSR count). The standard InChI is InChI=1S/C26H31FN4O6.C21H23FN4O4.C19H20FN3O3/c1-16(32)28-13-20-15-31(25(35)36-20)19-9-10-21(22(27)11-19)18-7-5-17(6-8-18)12-29-23(33)14-30-24(34)37-26(2,3)4;1-13(27)24-11-17-12-26(21(29)30-17)16-6-7-18(19(22)8-16)15-4-2-14(3-5-15)10-25-20(28)9-23;1-12(24)22-10-16-11-23(19(25)26-16)15-6-7-17(18(20)8-15)14-4-2-13(9-21)3-5-14/h5-11,20H,12-15H2,1-4H3,(H,28,32)(H,29,33)(H,30,34);2-8,17H,9-12,23H2,1H3,(H,24,27)(H,25,28);2-8,16H,9-11,21H2,1H3,(H,22,24)/t20-;17-;16-/m000/s1. The van der Waals surface area contributed by atoms with Crippen LogP contribution in [0.2, 0.25) is 0 Å². The van der Waals surface area contributed by atoms with Gasteiger partial charge >= 0.3 is 24.4 Å². The lowest BCUT2D eigenvalue weighted by molar-refractivity contribution is -0.121. The molecule has 6 aromatic carbocycles. The van der Waals surface area contributed by atoms with Crippen LogP contribution in [0.25, 0.3) is 33.4 Å². The Hall–Kier alpha value is -10.5. The number of cyclic esters (lactones) is 3. The van der Waals surface area contributed by atoms with E-state index in [0.717, 1.165) is 22.3 Å². The lowest BCUT2D eigenvalue weighted by atomic mass is 10.0. The summed E-state index contributed by atoms with van der Waals surface area (Å²) in [6.45, 7) is 11.3. The van der Waals surface area contributed by atoms with Crippen molar-refractivity contribution < 1.29 is 75.3 Å². The highest BCUT2D eigenvalue weighted by molar-refractivity contribution is 5.92. The Morgan fingerprint density at radius 3 is 1.09 bits per heavy atom. The van der Waals surface area contributed by atoms with E-state index in [1.165, 1.54) is 53.7 Å². The third-order valence-corrected chi connectivity index (χ3v) is 14.1. The van der Waals surface area contributed by atoms with Gasteiger partial charge in [-0.1, -0.05) is 72.8 Å². The van der Waals surface area contributed by atoms with Crippen LogP contribution in [0.5, 0.6) is 0 Å². The molecule has 24 nitrogen and oxygen atoms in total. The first kappa shape index (κ1) is 69.9. The number of halogens is 3. The van der Waals surface area contributed by atoms with Gasteiger partial charge in [0.15, 0.2) is 0 Å². The van der Waals surface area contributed by atoms with Crippen molar-refractivity contribution in [2.24, 2.45) is 11.5 Å². The zero-order valence-electron chi connectivity index (χ0n) is 52.1. The van der Waals surface area contributed by atoms with E-state index in [1.807, 2.05) is 24.3 Å². The number of nitrogens with zero attached hydrogens (tertiary/aromatic N) is 3. The van der Waals surface area contributed by atoms with Gasteiger partial charge in [-0.15, -0.1) is 0 Å². The Kier molecular flexibility index (Phi) is 24.4. The van der Waals surface area contributed by atoms with Crippen LogP contribution in [-0.4, -0.2) is 130 Å². The number of hydrogen-bond donors (Lipinski definition) is 8. The fourth-order valence-corrected chi connectivity index (χ4v) is 9.43. The Balaban J connectivity index is 0.000000201. The van der Waals surface area contributed by atoms with Crippen LogP contribution < -0.4 is 58.1 Å². The number of benzene rings is 6. The quantitative estimate of drug-likeness (QED) is 0.0356. The molecule has 93 heavy (non-hydrogen) atoms. The van der Waals surface area contributed by atoms with Crippen molar-refractivity contribution in [1.29, 1.82) is 0 Å². The molecular weight excluding hydrogens is 1210 g/mol. The first-order valence-electron chi connectivity index (χ1n) is 29.5. The number of nitrogens with one attached hydrogen (secondary N) is 6. The van der Waals surface area contributed by atoms with E-state index in [2.05, 4.69) is 31.9 Å². The predicted molar refractivity (Wildman–Crippen MR) is 339 cm³/mol. The minimum Gasteiger partial charge on any atom is -0.444 e. The Labute approximate surface area is 534 Å². The molecule has 0 radical (unpaired) electrons. The van der Waals surface area contributed by atoms with Gasteiger partial charge in [-0.25, -0.2) is 32.3 Å². The summed E-state index contributed by atoms with van der Waals surface area (Å²) in [5.74, 6) is -2.69. The maximum atomic E-state index is 14.9. The van der Waals surface area contributed by atoms with Crippen LogP contribution in [0, 0.1) is 17.5 Å². The van der Waals surface area contributed by atoms with E-state index >= 15 is 0 Å². The van der Waals surface area contributed by atoms with Crippen molar-refractivity contribution in [3.63, 3.8) is 0 Å². The molecule has 10 N–H and O–H groups in total. The number of carbonyl (C=O) groups excluding carboxylic acids is 9. The molecule has 3 aliphatic heterocycles. The second kappa shape index (κ2) is 32.5. The largest absolute Gasteiger partial charge is 0.444 e. The van der Waals surface area contributed by atoms with E-state index in [1.54, 1.807) is 106 Å². The summed E-state index contributed by atoms with van der Waals surface area (Å²) in [5.41, 5.74) is 17.2. The van der Waals surface area contributed by atoms with Gasteiger partial charge in [-0.05, 0) is 109 Å². The molecular formula is C66H74F3N11O13. The normalized spacial score (nSPS) is 15.7. The minimum atomic E-state index is -0.675. The number of rotatable bonds is 20. The highest BCUT2D eigenvalue weighted by Crippen LogP contribution is 2.33. The fourth-order valence-electron chi connectivity index (χ4n) is 9.43. The van der Waals surface area contributed by atoms with Gasteiger partial charge in [-0.3, -0.25) is 38.7 Å². The van der Waals surface area contributed by atoms with Crippen molar-refractivity contribution >= 4 is 71.0 Å². The van der Waals surface area contributed by atoms with E-state index in [-0.39, 0.29) is 88.4 Å². The first-order chi connectivity index (χ1) is 44.2. The molecule has 492 valence electrons. The zero-order chi connectivity index (χ0) is 67.5. The lowest BCUT2D eigenvalue weighted by Gasteiger charge is -2.19. The maximum absolute atomic E-state index is 14.9. The molecule has 6 aromatic rings. The summed E-state index contributed by atoms with van der Waals surface area (Å²) >= 11 is 0. The summed E-state index contributed by atoms with van der Waals surface area (Å²) in [6, 6.07) is 35.1. The van der Waals surface area contributed by atoms with Crippen molar-refractivity contribution in [2.45, 2.75) is 85.1 Å². The molecule has 0 spiro atoms. The number of alkyl carbamates (subject to hydrolysis) is 1. The SMILES string of the molecule is CC(=O)NC[C@H]1CN(c2ccc(-c3ccc(CN)cc3)c(F)c2)C(=O)O1.CC(=O)NC[C@H]1CN(c2ccc(-c3ccc(CNC(=O)CN)cc3)c(F)c2)C(=O)O1.CC(=O)NC[C@H]1CN(c2ccc(-c3ccc(CNC(=O)CNC(=O)OC(C)(C)C)cc3)c(F)c2)C(=O)O1. The van der Waals surface area contributed by atoms with Gasteiger partial charge in [0.2, 0.25) is 29.5 Å². The molecule has 0 bridgehead atoms. The Morgan fingerprint density at radius 1 is 0.473 bits per heavy atom. The zero-order valence-corrected chi connectivity index (χ0v) is 52.1. The van der Waals surface area contributed by atoms with Crippen molar-refractivity contribution in [3.8, 4) is 33.4 Å². The number of anilines is 3. The molecule has 3 atom stereocenters. The average Bonchev–Trinajstić information content (AvgIpc) is 1.87. The second-order valence-corrected chi connectivity index (χ2v) is 22.6. The van der Waals surface area contributed by atoms with Crippen LogP contribution >= 0.6 is 0 Å². The summed E-state index contributed by atoms with van der Waals surface area (Å²) in [4.78, 5) is 108. The average molecular weight is 1290 g/mol. The molecule has 0 saturated carbocycles. The highest BCUT2D eigenvalue weighted by atomic mass is 19.1. The summed E-state index contributed by atoms with van der Waals surface area (Å²) in [7, 11) is 0. The predicted octanol–water partition coefficient (Wildman–Crippen LogP) is 7.04. The van der Waals surface area contributed by atoms with Crippen LogP contribution in [0.3, 0.4) is 0 Å². The van der Waals surface area contributed by atoms with Gasteiger partial charge in [-0.2, -0.15) is 0 Å². The molecule has 3 saturated heterocycles. The van der Waals surface area contributed by atoms with Gasteiger partial charge < -0.3 is 62.3 Å². The fraction of sp³-hybridized carbons (Fsp3) is 0.318. The Bertz CT molecular complexity index is 3690. The van der Waals surface area contributed by atoms with Gasteiger partial charge in [0.1, 0.15) is 47.9 Å².